The smallest absolute Gasteiger partial charge is 0.257 e. The third kappa shape index (κ3) is 4.51. The van der Waals surface area contributed by atoms with Crippen LogP contribution in [0.1, 0.15) is 15.9 Å². The molecule has 0 aliphatic heterocycles. The molecule has 0 aliphatic rings. The van der Waals surface area contributed by atoms with Crippen molar-refractivity contribution in [2.45, 2.75) is 6.54 Å². The molecular formula is C15H12ClFN2OS. The summed E-state index contributed by atoms with van der Waals surface area (Å²) in [7, 11) is 0. The van der Waals surface area contributed by atoms with Crippen molar-refractivity contribution in [2.24, 2.45) is 0 Å². The molecule has 0 fully saturated rings. The van der Waals surface area contributed by atoms with Crippen molar-refractivity contribution < 1.29 is 9.18 Å². The fraction of sp³-hybridized carbons (Fsp3) is 0.0667. The zero-order valence-electron chi connectivity index (χ0n) is 10.9. The Morgan fingerprint density at radius 2 is 1.81 bits per heavy atom. The highest BCUT2D eigenvalue weighted by Gasteiger charge is 2.08. The van der Waals surface area contributed by atoms with Gasteiger partial charge < -0.3 is 5.32 Å². The van der Waals surface area contributed by atoms with Crippen LogP contribution in [0.15, 0.2) is 48.5 Å². The van der Waals surface area contributed by atoms with Gasteiger partial charge in [0.15, 0.2) is 5.11 Å². The van der Waals surface area contributed by atoms with Gasteiger partial charge in [0.1, 0.15) is 5.82 Å². The SMILES string of the molecule is O=C(NC(=S)NCc1ccccc1Cl)c1ccc(F)cc1. The molecule has 0 unspecified atom stereocenters. The Balaban J connectivity index is 1.88. The molecule has 108 valence electrons. The third-order valence-electron chi connectivity index (χ3n) is 2.73. The Kier molecular flexibility index (Phi) is 5.25. The second kappa shape index (κ2) is 7.15. The zero-order valence-corrected chi connectivity index (χ0v) is 12.5. The predicted molar refractivity (Wildman–Crippen MR) is 84.8 cm³/mol. The molecule has 0 bridgehead atoms. The van der Waals surface area contributed by atoms with Gasteiger partial charge in [-0.3, -0.25) is 10.1 Å². The van der Waals surface area contributed by atoms with Gasteiger partial charge in [0.25, 0.3) is 5.91 Å². The van der Waals surface area contributed by atoms with Crippen LogP contribution in [0.3, 0.4) is 0 Å². The summed E-state index contributed by atoms with van der Waals surface area (Å²) >= 11 is 11.1. The molecule has 2 aromatic rings. The van der Waals surface area contributed by atoms with Gasteiger partial charge in [0, 0.05) is 17.1 Å². The Morgan fingerprint density at radius 1 is 1.14 bits per heavy atom. The Bertz CT molecular complexity index is 661. The van der Waals surface area contributed by atoms with Gasteiger partial charge >= 0.3 is 0 Å². The molecule has 0 saturated carbocycles. The van der Waals surface area contributed by atoms with E-state index >= 15 is 0 Å². The second-order valence-electron chi connectivity index (χ2n) is 4.24. The molecule has 0 saturated heterocycles. The molecule has 2 rings (SSSR count). The van der Waals surface area contributed by atoms with Crippen molar-refractivity contribution in [2.75, 3.05) is 0 Å². The average molecular weight is 323 g/mol. The van der Waals surface area contributed by atoms with E-state index in [9.17, 15) is 9.18 Å². The molecule has 2 N–H and O–H groups in total. The maximum atomic E-state index is 12.8. The lowest BCUT2D eigenvalue weighted by Crippen LogP contribution is -2.38. The van der Waals surface area contributed by atoms with Gasteiger partial charge in [-0.05, 0) is 48.1 Å². The van der Waals surface area contributed by atoms with E-state index in [0.717, 1.165) is 5.56 Å². The van der Waals surface area contributed by atoms with Crippen LogP contribution in [0.2, 0.25) is 5.02 Å². The first-order chi connectivity index (χ1) is 10.1. The fourth-order valence-corrected chi connectivity index (χ4v) is 2.01. The predicted octanol–water partition coefficient (Wildman–Crippen LogP) is 3.28. The lowest BCUT2D eigenvalue weighted by Gasteiger charge is -2.10. The van der Waals surface area contributed by atoms with Crippen LogP contribution in [0, 0.1) is 5.82 Å². The molecule has 0 atom stereocenters. The second-order valence-corrected chi connectivity index (χ2v) is 5.05. The van der Waals surface area contributed by atoms with Crippen LogP contribution in [-0.2, 0) is 6.54 Å². The highest BCUT2D eigenvalue weighted by molar-refractivity contribution is 7.80. The van der Waals surface area contributed by atoms with Gasteiger partial charge in [-0.2, -0.15) is 0 Å². The number of carbonyl (C=O) groups is 1. The minimum absolute atomic E-state index is 0.184. The first-order valence-corrected chi connectivity index (χ1v) is 6.93. The van der Waals surface area contributed by atoms with E-state index in [1.54, 1.807) is 6.07 Å². The Hall–Kier alpha value is -1.98. The molecule has 2 aromatic carbocycles. The van der Waals surface area contributed by atoms with Gasteiger partial charge in [-0.1, -0.05) is 29.8 Å². The third-order valence-corrected chi connectivity index (χ3v) is 3.35. The van der Waals surface area contributed by atoms with Gasteiger partial charge in [0.2, 0.25) is 0 Å². The van der Waals surface area contributed by atoms with Crippen molar-refractivity contribution in [3.8, 4) is 0 Å². The summed E-state index contributed by atoms with van der Waals surface area (Å²) in [5.74, 6) is -0.794. The highest BCUT2D eigenvalue weighted by Crippen LogP contribution is 2.14. The summed E-state index contributed by atoms with van der Waals surface area (Å²) in [5, 5.41) is 6.22. The van der Waals surface area contributed by atoms with E-state index in [1.807, 2.05) is 18.2 Å². The summed E-state index contributed by atoms with van der Waals surface area (Å²) in [6.07, 6.45) is 0. The van der Waals surface area contributed by atoms with Crippen molar-refractivity contribution in [1.29, 1.82) is 0 Å². The summed E-state index contributed by atoms with van der Waals surface area (Å²) in [4.78, 5) is 11.9. The van der Waals surface area contributed by atoms with E-state index in [0.29, 0.717) is 17.1 Å². The zero-order chi connectivity index (χ0) is 15.2. The molecule has 6 heteroatoms. The first-order valence-electron chi connectivity index (χ1n) is 6.14. The first kappa shape index (κ1) is 15.4. The number of halogens is 2. The van der Waals surface area contributed by atoms with E-state index in [2.05, 4.69) is 10.6 Å². The van der Waals surface area contributed by atoms with Crippen molar-refractivity contribution in [3.63, 3.8) is 0 Å². The maximum Gasteiger partial charge on any atom is 0.257 e. The Labute approximate surface area is 132 Å². The monoisotopic (exact) mass is 322 g/mol. The van der Waals surface area contributed by atoms with Crippen molar-refractivity contribution in [1.82, 2.24) is 10.6 Å². The quantitative estimate of drug-likeness (QED) is 0.852. The van der Waals surface area contributed by atoms with E-state index in [1.165, 1.54) is 24.3 Å². The van der Waals surface area contributed by atoms with Gasteiger partial charge in [-0.15, -0.1) is 0 Å². The summed E-state index contributed by atoms with van der Waals surface area (Å²) in [5.41, 5.74) is 1.20. The lowest BCUT2D eigenvalue weighted by molar-refractivity contribution is 0.0976. The van der Waals surface area contributed by atoms with Crippen LogP contribution in [0.25, 0.3) is 0 Å². The van der Waals surface area contributed by atoms with Crippen LogP contribution in [0.4, 0.5) is 4.39 Å². The molecule has 3 nitrogen and oxygen atoms in total. The standard InChI is InChI=1S/C15H12ClFN2OS/c16-13-4-2-1-3-11(13)9-18-15(21)19-14(20)10-5-7-12(17)8-6-10/h1-8H,9H2,(H2,18,19,20,21). The topological polar surface area (TPSA) is 41.1 Å². The average Bonchev–Trinajstić information content (AvgIpc) is 2.47. The van der Waals surface area contributed by atoms with Gasteiger partial charge in [0.05, 0.1) is 0 Å². The summed E-state index contributed by atoms with van der Waals surface area (Å²) in [6, 6.07) is 12.6. The molecule has 21 heavy (non-hydrogen) atoms. The number of thiocarbonyl (C=S) groups is 1. The van der Waals surface area contributed by atoms with Crippen LogP contribution < -0.4 is 10.6 Å². The highest BCUT2D eigenvalue weighted by atomic mass is 35.5. The normalized spacial score (nSPS) is 10.0. The maximum absolute atomic E-state index is 12.8. The number of hydrogen-bond donors (Lipinski definition) is 2. The number of benzene rings is 2. The largest absolute Gasteiger partial charge is 0.358 e. The van der Waals surface area contributed by atoms with Crippen molar-refractivity contribution in [3.05, 3.63) is 70.5 Å². The molecule has 0 aliphatic carbocycles. The van der Waals surface area contributed by atoms with E-state index < -0.39 is 11.7 Å². The number of nitrogens with one attached hydrogen (secondary N) is 2. The lowest BCUT2D eigenvalue weighted by atomic mass is 10.2. The molecule has 0 aromatic heterocycles. The number of amides is 1. The minimum Gasteiger partial charge on any atom is -0.358 e. The molecule has 0 radical (unpaired) electrons. The van der Waals surface area contributed by atoms with Crippen molar-refractivity contribution >= 4 is 34.8 Å². The van der Waals surface area contributed by atoms with E-state index in [-0.39, 0.29) is 5.11 Å². The number of hydrogen-bond acceptors (Lipinski definition) is 2. The van der Waals surface area contributed by atoms with Gasteiger partial charge in [-0.25, -0.2) is 4.39 Å². The summed E-state index contributed by atoms with van der Waals surface area (Å²) in [6.45, 7) is 0.405. The molecular weight excluding hydrogens is 311 g/mol. The number of carbonyl (C=O) groups excluding carboxylic acids is 1. The van der Waals surface area contributed by atoms with Crippen LogP contribution in [-0.4, -0.2) is 11.0 Å². The van der Waals surface area contributed by atoms with Crippen LogP contribution in [0.5, 0.6) is 0 Å². The van der Waals surface area contributed by atoms with Crippen LogP contribution >= 0.6 is 23.8 Å². The molecule has 0 spiro atoms. The fourth-order valence-electron chi connectivity index (χ4n) is 1.64. The minimum atomic E-state index is -0.397. The molecule has 0 heterocycles. The number of rotatable bonds is 3. The Morgan fingerprint density at radius 3 is 2.48 bits per heavy atom. The van der Waals surface area contributed by atoms with E-state index in [4.69, 9.17) is 23.8 Å². The molecule has 1 amide bonds. The summed E-state index contributed by atoms with van der Waals surface area (Å²) < 4.78 is 12.8.